The van der Waals surface area contributed by atoms with Crippen LogP contribution in [-0.2, 0) is 0 Å². The van der Waals surface area contributed by atoms with Crippen molar-refractivity contribution >= 4 is 5.69 Å². The van der Waals surface area contributed by atoms with E-state index in [0.29, 0.717) is 12.1 Å². The molecule has 1 saturated carbocycles. The van der Waals surface area contributed by atoms with Crippen molar-refractivity contribution in [2.45, 2.75) is 38.8 Å². The van der Waals surface area contributed by atoms with E-state index >= 15 is 0 Å². The van der Waals surface area contributed by atoms with Gasteiger partial charge >= 0.3 is 0 Å². The third-order valence-corrected chi connectivity index (χ3v) is 4.50. The lowest BCUT2D eigenvalue weighted by Gasteiger charge is -2.41. The van der Waals surface area contributed by atoms with Gasteiger partial charge in [0.25, 0.3) is 0 Å². The summed E-state index contributed by atoms with van der Waals surface area (Å²) < 4.78 is 5.35. The van der Waals surface area contributed by atoms with Gasteiger partial charge in [0.1, 0.15) is 5.75 Å². The summed E-state index contributed by atoms with van der Waals surface area (Å²) >= 11 is 0. The third-order valence-electron chi connectivity index (χ3n) is 4.50. The van der Waals surface area contributed by atoms with E-state index in [1.165, 1.54) is 24.1 Å². The Labute approximate surface area is 115 Å². The molecular weight excluding hydrogens is 236 g/mol. The van der Waals surface area contributed by atoms with Crippen LogP contribution in [0.2, 0.25) is 0 Å². The molecule has 1 aliphatic heterocycles. The molecule has 1 aromatic carbocycles. The molecule has 1 aromatic rings. The summed E-state index contributed by atoms with van der Waals surface area (Å²) in [4.78, 5) is 2.55. The molecule has 1 aliphatic carbocycles. The minimum Gasteiger partial charge on any atom is -0.496 e. The second kappa shape index (κ2) is 5.04. The Morgan fingerprint density at radius 3 is 2.74 bits per heavy atom. The van der Waals surface area contributed by atoms with Crippen LogP contribution in [0.4, 0.5) is 5.69 Å². The summed E-state index contributed by atoms with van der Waals surface area (Å²) in [6.45, 7) is 6.65. The maximum absolute atomic E-state index is 5.35. The lowest BCUT2D eigenvalue weighted by molar-refractivity contribution is 0.375. The van der Waals surface area contributed by atoms with Gasteiger partial charge in [0, 0.05) is 30.9 Å². The summed E-state index contributed by atoms with van der Waals surface area (Å²) in [6, 6.07) is 7.77. The van der Waals surface area contributed by atoms with Gasteiger partial charge in [-0.15, -0.1) is 0 Å². The van der Waals surface area contributed by atoms with Gasteiger partial charge in [0.05, 0.1) is 7.11 Å². The van der Waals surface area contributed by atoms with Gasteiger partial charge in [-0.3, -0.25) is 0 Å². The minimum absolute atomic E-state index is 0.558. The fourth-order valence-electron chi connectivity index (χ4n) is 3.10. The molecule has 0 amide bonds. The number of nitrogens with zero attached hydrogens (tertiary/aromatic N) is 1. The Balaban J connectivity index is 1.80. The Kier molecular flexibility index (Phi) is 3.40. The summed E-state index contributed by atoms with van der Waals surface area (Å²) in [5, 5.41) is 3.70. The highest BCUT2D eigenvalue weighted by atomic mass is 16.5. The van der Waals surface area contributed by atoms with Gasteiger partial charge in [-0.05, 0) is 56.4 Å². The predicted molar refractivity (Wildman–Crippen MR) is 79.1 cm³/mol. The van der Waals surface area contributed by atoms with E-state index < -0.39 is 0 Å². The summed E-state index contributed by atoms with van der Waals surface area (Å²) in [5.74, 6) is 1.89. The molecule has 104 valence electrons. The number of hydrogen-bond donors (Lipinski definition) is 1. The summed E-state index contributed by atoms with van der Waals surface area (Å²) in [6.07, 6.45) is 2.81. The molecule has 3 heteroatoms. The van der Waals surface area contributed by atoms with Gasteiger partial charge in [-0.2, -0.15) is 0 Å². The van der Waals surface area contributed by atoms with Crippen molar-refractivity contribution in [3.63, 3.8) is 0 Å². The molecule has 1 N–H and O–H groups in total. The van der Waals surface area contributed by atoms with Gasteiger partial charge in [-0.1, -0.05) is 0 Å². The largest absolute Gasteiger partial charge is 0.496 e. The standard InChI is InChI=1S/C16H24N2O/c1-11-8-14(6-7-16(11)19-3)18-10-15(13-4-5-13)17-9-12(18)2/h6-8,12-13,15,17H,4-5,9-10H2,1-3H3. The van der Waals surface area contributed by atoms with Crippen molar-refractivity contribution in [2.24, 2.45) is 5.92 Å². The second-order valence-corrected chi connectivity index (χ2v) is 6.01. The second-order valence-electron chi connectivity index (χ2n) is 6.01. The molecule has 2 fully saturated rings. The lowest BCUT2D eigenvalue weighted by Crippen LogP contribution is -2.56. The lowest BCUT2D eigenvalue weighted by atomic mass is 10.0. The first-order valence-electron chi connectivity index (χ1n) is 7.33. The molecular formula is C16H24N2O. The van der Waals surface area contributed by atoms with E-state index in [-0.39, 0.29) is 0 Å². The van der Waals surface area contributed by atoms with Gasteiger partial charge in [0.15, 0.2) is 0 Å². The van der Waals surface area contributed by atoms with Gasteiger partial charge < -0.3 is 15.0 Å². The number of benzene rings is 1. The predicted octanol–water partition coefficient (Wildman–Crippen LogP) is 2.58. The molecule has 0 aromatic heterocycles. The van der Waals surface area contributed by atoms with Crippen molar-refractivity contribution in [1.29, 1.82) is 0 Å². The highest BCUT2D eigenvalue weighted by Gasteiger charge is 2.36. The topological polar surface area (TPSA) is 24.5 Å². The Morgan fingerprint density at radius 1 is 1.32 bits per heavy atom. The summed E-state index contributed by atoms with van der Waals surface area (Å²) in [7, 11) is 1.73. The van der Waals surface area contributed by atoms with Crippen molar-refractivity contribution in [1.82, 2.24) is 5.32 Å². The van der Waals surface area contributed by atoms with Crippen molar-refractivity contribution in [2.75, 3.05) is 25.1 Å². The van der Waals surface area contributed by atoms with Crippen LogP contribution in [0.25, 0.3) is 0 Å². The van der Waals surface area contributed by atoms with E-state index in [0.717, 1.165) is 24.8 Å². The Hall–Kier alpha value is -1.22. The van der Waals surface area contributed by atoms with E-state index in [4.69, 9.17) is 4.74 Å². The zero-order valence-corrected chi connectivity index (χ0v) is 12.1. The first-order chi connectivity index (χ1) is 9.19. The fraction of sp³-hybridized carbons (Fsp3) is 0.625. The number of anilines is 1. The zero-order chi connectivity index (χ0) is 13.4. The third kappa shape index (κ3) is 2.57. The monoisotopic (exact) mass is 260 g/mol. The quantitative estimate of drug-likeness (QED) is 0.904. The number of piperazine rings is 1. The number of nitrogens with one attached hydrogen (secondary N) is 1. The molecule has 2 atom stereocenters. The minimum atomic E-state index is 0.558. The molecule has 1 heterocycles. The smallest absolute Gasteiger partial charge is 0.121 e. The number of aryl methyl sites for hydroxylation is 1. The maximum atomic E-state index is 5.35. The van der Waals surface area contributed by atoms with E-state index in [1.807, 2.05) is 0 Å². The molecule has 2 aliphatic rings. The Morgan fingerprint density at radius 2 is 2.11 bits per heavy atom. The van der Waals surface area contributed by atoms with Crippen LogP contribution in [-0.4, -0.2) is 32.3 Å². The molecule has 1 saturated heterocycles. The normalized spacial score (nSPS) is 27.4. The summed E-state index contributed by atoms with van der Waals surface area (Å²) in [5.41, 5.74) is 2.55. The van der Waals surface area contributed by atoms with Crippen LogP contribution < -0.4 is 15.0 Å². The van der Waals surface area contributed by atoms with Crippen molar-refractivity contribution in [3.8, 4) is 5.75 Å². The first-order valence-corrected chi connectivity index (χ1v) is 7.33. The van der Waals surface area contributed by atoms with Gasteiger partial charge in [0.2, 0.25) is 0 Å². The molecule has 19 heavy (non-hydrogen) atoms. The Bertz CT molecular complexity index is 456. The van der Waals surface area contributed by atoms with Gasteiger partial charge in [-0.25, -0.2) is 0 Å². The molecule has 3 rings (SSSR count). The molecule has 0 spiro atoms. The van der Waals surface area contributed by atoms with Crippen molar-refractivity contribution < 1.29 is 4.74 Å². The average Bonchev–Trinajstić information content (AvgIpc) is 3.23. The average molecular weight is 260 g/mol. The molecule has 3 nitrogen and oxygen atoms in total. The van der Waals surface area contributed by atoms with Crippen LogP contribution in [0.5, 0.6) is 5.75 Å². The number of rotatable bonds is 3. The van der Waals surface area contributed by atoms with Crippen LogP contribution in [0.1, 0.15) is 25.3 Å². The molecule has 0 bridgehead atoms. The highest BCUT2D eigenvalue weighted by Crippen LogP contribution is 2.35. The highest BCUT2D eigenvalue weighted by molar-refractivity contribution is 5.54. The van der Waals surface area contributed by atoms with E-state index in [1.54, 1.807) is 7.11 Å². The number of methoxy groups -OCH3 is 1. The molecule has 2 unspecified atom stereocenters. The van der Waals surface area contributed by atoms with Crippen LogP contribution >= 0.6 is 0 Å². The maximum Gasteiger partial charge on any atom is 0.121 e. The number of ether oxygens (including phenoxy) is 1. The van der Waals surface area contributed by atoms with Crippen LogP contribution in [0.3, 0.4) is 0 Å². The van der Waals surface area contributed by atoms with Crippen LogP contribution in [0.15, 0.2) is 18.2 Å². The van der Waals surface area contributed by atoms with E-state index in [9.17, 15) is 0 Å². The SMILES string of the molecule is COc1ccc(N2CC(C3CC3)NCC2C)cc1C. The first kappa shape index (κ1) is 12.8. The van der Waals surface area contributed by atoms with E-state index in [2.05, 4.69) is 42.3 Å². The number of hydrogen-bond acceptors (Lipinski definition) is 3. The molecule has 0 radical (unpaired) electrons. The van der Waals surface area contributed by atoms with Crippen LogP contribution in [0, 0.1) is 12.8 Å². The fourth-order valence-corrected chi connectivity index (χ4v) is 3.10. The van der Waals surface area contributed by atoms with Crippen molar-refractivity contribution in [3.05, 3.63) is 23.8 Å². The zero-order valence-electron chi connectivity index (χ0n) is 12.1.